The maximum atomic E-state index is 5.80. The van der Waals surface area contributed by atoms with E-state index in [-0.39, 0.29) is 0 Å². The van der Waals surface area contributed by atoms with Crippen molar-refractivity contribution >= 4 is 5.82 Å². The molecule has 0 aliphatic carbocycles. The number of hydrogen-bond donors (Lipinski definition) is 1. The second kappa shape index (κ2) is 5.60. The van der Waals surface area contributed by atoms with Crippen LogP contribution in [0, 0.1) is 5.92 Å². The van der Waals surface area contributed by atoms with Crippen LogP contribution in [-0.2, 0) is 6.42 Å². The molecule has 6 nitrogen and oxygen atoms in total. The number of nitrogens with zero attached hydrogens (tertiary/aromatic N) is 4. The standard InChI is InChI=1S/C13H17N5O/c1-8(2)6-9-7-11(14)16-13(15-9)10-4-5-12(19-3)18-17-10/h4-5,7-8H,6H2,1-3H3,(H2,14,15,16). The van der Waals surface area contributed by atoms with Gasteiger partial charge in [-0.3, -0.25) is 0 Å². The first-order chi connectivity index (χ1) is 9.08. The highest BCUT2D eigenvalue weighted by Crippen LogP contribution is 2.17. The summed E-state index contributed by atoms with van der Waals surface area (Å²) < 4.78 is 4.97. The van der Waals surface area contributed by atoms with E-state index in [1.165, 1.54) is 0 Å². The van der Waals surface area contributed by atoms with Crippen molar-refractivity contribution in [1.82, 2.24) is 20.2 Å². The van der Waals surface area contributed by atoms with Crippen molar-refractivity contribution in [2.75, 3.05) is 12.8 Å². The summed E-state index contributed by atoms with van der Waals surface area (Å²) in [6.07, 6.45) is 0.850. The Labute approximate surface area is 112 Å². The van der Waals surface area contributed by atoms with Gasteiger partial charge in [0.05, 0.1) is 7.11 Å². The fourth-order valence-corrected chi connectivity index (χ4v) is 1.70. The van der Waals surface area contributed by atoms with E-state index in [2.05, 4.69) is 34.0 Å². The zero-order valence-electron chi connectivity index (χ0n) is 11.3. The highest BCUT2D eigenvalue weighted by Gasteiger charge is 2.09. The Kier molecular flexibility index (Phi) is 3.89. The van der Waals surface area contributed by atoms with Crippen LogP contribution in [0.5, 0.6) is 5.88 Å². The lowest BCUT2D eigenvalue weighted by Crippen LogP contribution is -2.04. The smallest absolute Gasteiger partial charge is 0.233 e. The van der Waals surface area contributed by atoms with Crippen LogP contribution in [0.2, 0.25) is 0 Å². The molecule has 2 rings (SSSR count). The summed E-state index contributed by atoms with van der Waals surface area (Å²) in [5, 5.41) is 7.93. The van der Waals surface area contributed by atoms with E-state index >= 15 is 0 Å². The predicted octanol–water partition coefficient (Wildman–Crippen LogP) is 1.72. The summed E-state index contributed by atoms with van der Waals surface area (Å²) in [6, 6.07) is 5.28. The van der Waals surface area contributed by atoms with Crippen molar-refractivity contribution in [3.05, 3.63) is 23.9 Å². The highest BCUT2D eigenvalue weighted by atomic mass is 16.5. The summed E-state index contributed by atoms with van der Waals surface area (Å²) in [4.78, 5) is 8.66. The number of nitrogens with two attached hydrogens (primary N) is 1. The second-order valence-corrected chi connectivity index (χ2v) is 4.67. The topological polar surface area (TPSA) is 86.8 Å². The second-order valence-electron chi connectivity index (χ2n) is 4.67. The molecule has 2 N–H and O–H groups in total. The summed E-state index contributed by atoms with van der Waals surface area (Å²) in [7, 11) is 1.54. The van der Waals surface area contributed by atoms with Gasteiger partial charge in [-0.25, -0.2) is 9.97 Å². The van der Waals surface area contributed by atoms with E-state index in [1.54, 1.807) is 25.3 Å². The van der Waals surface area contributed by atoms with Crippen LogP contribution in [0.1, 0.15) is 19.5 Å². The lowest BCUT2D eigenvalue weighted by molar-refractivity contribution is 0.392. The van der Waals surface area contributed by atoms with Crippen molar-refractivity contribution in [1.29, 1.82) is 0 Å². The number of hydrogen-bond acceptors (Lipinski definition) is 6. The first-order valence-corrected chi connectivity index (χ1v) is 6.10. The number of ether oxygens (including phenoxy) is 1. The number of aromatic nitrogens is 4. The van der Waals surface area contributed by atoms with Crippen LogP contribution >= 0.6 is 0 Å². The Bertz CT molecular complexity index is 553. The molecular weight excluding hydrogens is 242 g/mol. The molecule has 0 amide bonds. The van der Waals surface area contributed by atoms with E-state index < -0.39 is 0 Å². The lowest BCUT2D eigenvalue weighted by atomic mass is 10.1. The SMILES string of the molecule is COc1ccc(-c2nc(N)cc(CC(C)C)n2)nn1. The molecule has 19 heavy (non-hydrogen) atoms. The van der Waals surface area contributed by atoms with Gasteiger partial charge in [-0.05, 0) is 18.4 Å². The van der Waals surface area contributed by atoms with Gasteiger partial charge in [0.25, 0.3) is 0 Å². The molecular formula is C13H17N5O. The van der Waals surface area contributed by atoms with Gasteiger partial charge in [-0.15, -0.1) is 10.2 Å². The van der Waals surface area contributed by atoms with Gasteiger partial charge in [-0.1, -0.05) is 13.8 Å². The molecule has 0 radical (unpaired) electrons. The average molecular weight is 259 g/mol. The first-order valence-electron chi connectivity index (χ1n) is 6.10. The normalized spacial score (nSPS) is 10.7. The molecule has 0 aliphatic heterocycles. The molecule has 100 valence electrons. The molecule has 0 saturated carbocycles. The molecule has 0 unspecified atom stereocenters. The molecule has 0 aromatic carbocycles. The average Bonchev–Trinajstić information content (AvgIpc) is 2.37. The molecule has 2 aromatic heterocycles. The molecule has 0 atom stereocenters. The maximum absolute atomic E-state index is 5.80. The number of rotatable bonds is 4. The Morgan fingerprint density at radius 2 is 2.00 bits per heavy atom. The van der Waals surface area contributed by atoms with Crippen LogP contribution in [0.3, 0.4) is 0 Å². The molecule has 0 fully saturated rings. The molecule has 0 bridgehead atoms. The molecule has 2 aromatic rings. The lowest BCUT2D eigenvalue weighted by Gasteiger charge is -2.07. The van der Waals surface area contributed by atoms with E-state index in [0.717, 1.165) is 12.1 Å². The van der Waals surface area contributed by atoms with E-state index in [0.29, 0.717) is 29.1 Å². The monoisotopic (exact) mass is 259 g/mol. The zero-order valence-corrected chi connectivity index (χ0v) is 11.3. The molecule has 6 heteroatoms. The minimum Gasteiger partial charge on any atom is -0.480 e. The van der Waals surface area contributed by atoms with Crippen LogP contribution in [0.25, 0.3) is 11.5 Å². The molecule has 0 spiro atoms. The minimum atomic E-state index is 0.443. The van der Waals surface area contributed by atoms with Crippen molar-refractivity contribution in [3.63, 3.8) is 0 Å². The molecule has 0 saturated heterocycles. The van der Waals surface area contributed by atoms with Gasteiger partial charge >= 0.3 is 0 Å². The fraction of sp³-hybridized carbons (Fsp3) is 0.385. The molecule has 0 aliphatic rings. The highest BCUT2D eigenvalue weighted by molar-refractivity contribution is 5.51. The Morgan fingerprint density at radius 1 is 1.21 bits per heavy atom. The largest absolute Gasteiger partial charge is 0.480 e. The van der Waals surface area contributed by atoms with Gasteiger partial charge in [0.15, 0.2) is 5.82 Å². The van der Waals surface area contributed by atoms with Crippen LogP contribution in [-0.4, -0.2) is 27.3 Å². The predicted molar refractivity (Wildman–Crippen MR) is 72.6 cm³/mol. The van der Waals surface area contributed by atoms with Crippen LogP contribution < -0.4 is 10.5 Å². The summed E-state index contributed by atoms with van der Waals surface area (Å²) in [5.74, 6) is 1.89. The van der Waals surface area contributed by atoms with Crippen LogP contribution in [0.4, 0.5) is 5.82 Å². The number of anilines is 1. The Morgan fingerprint density at radius 3 is 2.58 bits per heavy atom. The van der Waals surface area contributed by atoms with Crippen LogP contribution in [0.15, 0.2) is 18.2 Å². The first kappa shape index (κ1) is 13.2. The summed E-state index contributed by atoms with van der Waals surface area (Å²) in [5.41, 5.74) is 7.30. The Hall–Kier alpha value is -2.24. The molecule has 2 heterocycles. The van der Waals surface area contributed by atoms with E-state index in [4.69, 9.17) is 10.5 Å². The van der Waals surface area contributed by atoms with Crippen molar-refractivity contribution in [2.24, 2.45) is 5.92 Å². The van der Waals surface area contributed by atoms with Crippen molar-refractivity contribution in [3.8, 4) is 17.4 Å². The fourth-order valence-electron chi connectivity index (χ4n) is 1.70. The van der Waals surface area contributed by atoms with Crippen molar-refractivity contribution in [2.45, 2.75) is 20.3 Å². The third-order valence-electron chi connectivity index (χ3n) is 2.49. The minimum absolute atomic E-state index is 0.443. The third kappa shape index (κ3) is 3.37. The van der Waals surface area contributed by atoms with E-state index in [1.807, 2.05) is 0 Å². The summed E-state index contributed by atoms with van der Waals surface area (Å²) in [6.45, 7) is 4.26. The summed E-state index contributed by atoms with van der Waals surface area (Å²) >= 11 is 0. The van der Waals surface area contributed by atoms with E-state index in [9.17, 15) is 0 Å². The number of nitrogen functional groups attached to an aromatic ring is 1. The van der Waals surface area contributed by atoms with Gasteiger partial charge in [-0.2, -0.15) is 0 Å². The van der Waals surface area contributed by atoms with Gasteiger partial charge in [0.1, 0.15) is 11.5 Å². The zero-order chi connectivity index (χ0) is 13.8. The Balaban J connectivity index is 2.34. The quantitative estimate of drug-likeness (QED) is 0.899. The van der Waals surface area contributed by atoms with Crippen molar-refractivity contribution < 1.29 is 4.74 Å². The third-order valence-corrected chi connectivity index (χ3v) is 2.49. The van der Waals surface area contributed by atoms with Gasteiger partial charge in [0, 0.05) is 17.8 Å². The van der Waals surface area contributed by atoms with Gasteiger partial charge < -0.3 is 10.5 Å². The van der Waals surface area contributed by atoms with Gasteiger partial charge in [0.2, 0.25) is 5.88 Å². The maximum Gasteiger partial charge on any atom is 0.233 e. The number of methoxy groups -OCH3 is 1.